The van der Waals surface area contributed by atoms with E-state index < -0.39 is 0 Å². The number of nitrogens with one attached hydrogen (secondary N) is 2. The minimum absolute atomic E-state index is 0.136. The van der Waals surface area contributed by atoms with Crippen LogP contribution >= 0.6 is 11.8 Å². The number of hydrogen-bond donors (Lipinski definition) is 2. The smallest absolute Gasteiger partial charge is 0.230 e. The number of carbonyl (C=O) groups is 2. The van der Waals surface area contributed by atoms with Gasteiger partial charge in [0.05, 0.1) is 22.4 Å². The van der Waals surface area contributed by atoms with Gasteiger partial charge in [-0.15, -0.1) is 0 Å². The molecule has 1 aliphatic heterocycles. The summed E-state index contributed by atoms with van der Waals surface area (Å²) >= 11 is 1.19. The first-order chi connectivity index (χ1) is 12.5. The van der Waals surface area contributed by atoms with Crippen molar-refractivity contribution in [1.82, 2.24) is 10.6 Å². The van der Waals surface area contributed by atoms with E-state index in [0.717, 1.165) is 17.5 Å². The molecule has 1 aliphatic rings. The lowest BCUT2D eigenvalue weighted by molar-refractivity contribution is -0.121. The third-order valence-electron chi connectivity index (χ3n) is 4.03. The number of nitrogens with zero attached hydrogens (tertiary/aromatic N) is 1. The summed E-state index contributed by atoms with van der Waals surface area (Å²) < 4.78 is 4.93. The summed E-state index contributed by atoms with van der Waals surface area (Å²) in [6, 6.07) is 10.0. The van der Waals surface area contributed by atoms with E-state index in [-0.39, 0.29) is 29.9 Å². The van der Waals surface area contributed by atoms with E-state index in [1.807, 2.05) is 31.2 Å². The van der Waals surface area contributed by atoms with Crippen molar-refractivity contribution in [2.45, 2.75) is 25.7 Å². The minimum atomic E-state index is -0.276. The molecule has 7 heteroatoms. The van der Waals surface area contributed by atoms with Gasteiger partial charge in [0.1, 0.15) is 0 Å². The average molecular weight is 373 g/mol. The molecule has 0 bridgehead atoms. The number of methoxy groups -OCH3 is 1. The van der Waals surface area contributed by atoms with Gasteiger partial charge in [-0.1, -0.05) is 41.6 Å². The Hall–Kier alpha value is -2.30. The average Bonchev–Trinajstić information content (AvgIpc) is 2.63. The number of amides is 2. The maximum Gasteiger partial charge on any atom is 0.230 e. The normalized spacial score (nSPS) is 16.8. The van der Waals surface area contributed by atoms with Crippen LogP contribution in [0.1, 0.15) is 29.9 Å². The van der Waals surface area contributed by atoms with Crippen LogP contribution in [0.2, 0.25) is 0 Å². The lowest BCUT2D eigenvalue weighted by Crippen LogP contribution is -2.32. The Bertz CT molecular complexity index is 723. The molecular formula is C19H23N3O3S. The topological polar surface area (TPSA) is 91.2 Å². The summed E-state index contributed by atoms with van der Waals surface area (Å²) in [5.74, 6) is -0.407. The van der Waals surface area contributed by atoms with Gasteiger partial charge in [0.2, 0.25) is 11.8 Å². The second-order valence-electron chi connectivity index (χ2n) is 6.06. The highest BCUT2D eigenvalue weighted by molar-refractivity contribution is 8.03. The molecule has 1 atom stereocenters. The fraction of sp³-hybridized carbons (Fsp3) is 0.421. The molecule has 0 fully saturated rings. The Kier molecular flexibility index (Phi) is 7.70. The van der Waals surface area contributed by atoms with Gasteiger partial charge in [-0.2, -0.15) is 5.26 Å². The molecule has 2 rings (SSSR count). The van der Waals surface area contributed by atoms with Crippen LogP contribution in [0.3, 0.4) is 0 Å². The second kappa shape index (κ2) is 10.00. The van der Waals surface area contributed by atoms with E-state index in [2.05, 4.69) is 16.7 Å². The number of hydrogen-bond acceptors (Lipinski definition) is 5. The van der Waals surface area contributed by atoms with Crippen LogP contribution < -0.4 is 10.6 Å². The standard InChI is InChI=1S/C19H23N3O3S/c1-13-4-6-14(7-5-13)15-10-17(23)22-19(16(15)11-20)26-12-18(24)21-8-3-9-25-2/h4-7,15H,3,8-10,12H2,1-2H3,(H,21,24)(H,22,23)/t15-/m0/s1. The summed E-state index contributed by atoms with van der Waals surface area (Å²) in [4.78, 5) is 24.0. The summed E-state index contributed by atoms with van der Waals surface area (Å²) in [6.07, 6.45) is 0.977. The Labute approximate surface area is 158 Å². The molecule has 1 heterocycles. The van der Waals surface area contributed by atoms with Crippen LogP contribution in [0.25, 0.3) is 0 Å². The Morgan fingerprint density at radius 2 is 2.15 bits per heavy atom. The highest BCUT2D eigenvalue weighted by Gasteiger charge is 2.29. The Balaban J connectivity index is 2.06. The third-order valence-corrected chi connectivity index (χ3v) is 5.05. The Morgan fingerprint density at radius 3 is 2.81 bits per heavy atom. The van der Waals surface area contributed by atoms with Gasteiger partial charge < -0.3 is 15.4 Å². The predicted molar refractivity (Wildman–Crippen MR) is 101 cm³/mol. The molecule has 0 aromatic heterocycles. The lowest BCUT2D eigenvalue weighted by Gasteiger charge is -2.25. The molecule has 2 N–H and O–H groups in total. The number of rotatable bonds is 8. The second-order valence-corrected chi connectivity index (χ2v) is 7.04. The summed E-state index contributed by atoms with van der Waals surface area (Å²) in [5, 5.41) is 15.6. The van der Waals surface area contributed by atoms with Crippen molar-refractivity contribution in [3.05, 3.63) is 46.0 Å². The van der Waals surface area contributed by atoms with Gasteiger partial charge in [-0.3, -0.25) is 9.59 Å². The molecule has 0 spiro atoms. The highest BCUT2D eigenvalue weighted by atomic mass is 32.2. The SMILES string of the molecule is COCCCNC(=O)CSC1=C(C#N)[C@H](c2ccc(C)cc2)CC(=O)N1. The maximum atomic E-state index is 12.1. The summed E-state index contributed by atoms with van der Waals surface area (Å²) in [7, 11) is 1.61. The number of ether oxygens (including phenoxy) is 1. The van der Waals surface area contributed by atoms with Crippen molar-refractivity contribution < 1.29 is 14.3 Å². The van der Waals surface area contributed by atoms with E-state index in [4.69, 9.17) is 4.74 Å². The lowest BCUT2D eigenvalue weighted by atomic mass is 9.87. The Morgan fingerprint density at radius 1 is 1.42 bits per heavy atom. The minimum Gasteiger partial charge on any atom is -0.385 e. The molecule has 138 valence electrons. The highest BCUT2D eigenvalue weighted by Crippen LogP contribution is 2.35. The van der Waals surface area contributed by atoms with Crippen molar-refractivity contribution in [2.75, 3.05) is 26.0 Å². The van der Waals surface area contributed by atoms with Crippen molar-refractivity contribution in [3.63, 3.8) is 0 Å². The van der Waals surface area contributed by atoms with E-state index in [9.17, 15) is 14.9 Å². The fourth-order valence-corrected chi connectivity index (χ4v) is 3.56. The molecule has 1 aromatic carbocycles. The third kappa shape index (κ3) is 5.61. The number of carbonyl (C=O) groups excluding carboxylic acids is 2. The first-order valence-corrected chi connectivity index (χ1v) is 9.42. The van der Waals surface area contributed by atoms with E-state index >= 15 is 0 Å². The molecule has 1 aromatic rings. The van der Waals surface area contributed by atoms with Crippen LogP contribution in [-0.2, 0) is 14.3 Å². The zero-order valence-electron chi connectivity index (χ0n) is 15.0. The molecule has 0 saturated carbocycles. The molecular weight excluding hydrogens is 350 g/mol. The maximum absolute atomic E-state index is 12.1. The van der Waals surface area contributed by atoms with Crippen molar-refractivity contribution in [3.8, 4) is 6.07 Å². The predicted octanol–water partition coefficient (Wildman–Crippen LogP) is 2.22. The molecule has 26 heavy (non-hydrogen) atoms. The zero-order valence-corrected chi connectivity index (χ0v) is 15.8. The van der Waals surface area contributed by atoms with E-state index in [1.165, 1.54) is 11.8 Å². The van der Waals surface area contributed by atoms with Gasteiger partial charge in [-0.25, -0.2) is 0 Å². The summed E-state index contributed by atoms with van der Waals surface area (Å²) in [6.45, 7) is 3.12. The number of thioether (sulfide) groups is 1. The van der Waals surface area contributed by atoms with Crippen molar-refractivity contribution in [2.24, 2.45) is 0 Å². The first-order valence-electron chi connectivity index (χ1n) is 8.44. The van der Waals surface area contributed by atoms with Crippen LogP contribution in [-0.4, -0.2) is 37.8 Å². The van der Waals surface area contributed by atoms with E-state index in [1.54, 1.807) is 7.11 Å². The van der Waals surface area contributed by atoms with Crippen molar-refractivity contribution >= 4 is 23.6 Å². The number of nitriles is 1. The fourth-order valence-electron chi connectivity index (χ4n) is 2.65. The van der Waals surface area contributed by atoms with Crippen LogP contribution in [0.4, 0.5) is 0 Å². The molecule has 0 unspecified atom stereocenters. The van der Waals surface area contributed by atoms with Gasteiger partial charge in [0.25, 0.3) is 0 Å². The first kappa shape index (κ1) is 20.0. The molecule has 0 aliphatic carbocycles. The van der Waals surface area contributed by atoms with Crippen LogP contribution in [0.15, 0.2) is 34.9 Å². The van der Waals surface area contributed by atoms with Crippen LogP contribution in [0, 0.1) is 18.3 Å². The number of aryl methyl sites for hydroxylation is 1. The molecule has 6 nitrogen and oxygen atoms in total. The van der Waals surface area contributed by atoms with Crippen molar-refractivity contribution in [1.29, 1.82) is 5.26 Å². The number of benzene rings is 1. The van der Waals surface area contributed by atoms with Gasteiger partial charge in [0, 0.05) is 32.6 Å². The summed E-state index contributed by atoms with van der Waals surface area (Å²) in [5.41, 5.74) is 2.56. The van der Waals surface area contributed by atoms with Gasteiger partial charge in [0.15, 0.2) is 0 Å². The quantitative estimate of drug-likeness (QED) is 0.682. The van der Waals surface area contributed by atoms with Crippen LogP contribution in [0.5, 0.6) is 0 Å². The van der Waals surface area contributed by atoms with E-state index in [0.29, 0.717) is 23.8 Å². The van der Waals surface area contributed by atoms with Gasteiger partial charge >= 0.3 is 0 Å². The molecule has 2 amide bonds. The zero-order chi connectivity index (χ0) is 18.9. The number of allylic oxidation sites excluding steroid dienone is 1. The molecule has 0 radical (unpaired) electrons. The largest absolute Gasteiger partial charge is 0.385 e. The molecule has 0 saturated heterocycles. The van der Waals surface area contributed by atoms with Gasteiger partial charge in [-0.05, 0) is 18.9 Å². The monoisotopic (exact) mass is 373 g/mol.